The van der Waals surface area contributed by atoms with E-state index in [-0.39, 0.29) is 5.96 Å². The Morgan fingerprint density at radius 1 is 1.25 bits per heavy atom. The summed E-state index contributed by atoms with van der Waals surface area (Å²) in [5.41, 5.74) is 10.1. The zero-order valence-electron chi connectivity index (χ0n) is 11.1. The fourth-order valence-electron chi connectivity index (χ4n) is 1.70. The molecule has 0 saturated heterocycles. The van der Waals surface area contributed by atoms with Crippen molar-refractivity contribution in [1.29, 1.82) is 0 Å². The smallest absolute Gasteiger partial charge is 0.237 e. The molecule has 6 nitrogen and oxygen atoms in total. The number of nitrogens with one attached hydrogen (secondary N) is 1. The third-order valence-electron chi connectivity index (χ3n) is 2.67. The summed E-state index contributed by atoms with van der Waals surface area (Å²) < 4.78 is 2.00. The third kappa shape index (κ3) is 3.63. The van der Waals surface area contributed by atoms with Gasteiger partial charge < -0.3 is 5.73 Å². The van der Waals surface area contributed by atoms with Crippen molar-refractivity contribution in [2.45, 2.75) is 0 Å². The molecule has 0 atom stereocenters. The number of hydrogen-bond donors (Lipinski definition) is 3. The van der Waals surface area contributed by atoms with E-state index in [9.17, 15) is 0 Å². The second-order valence-electron chi connectivity index (χ2n) is 4.22. The molecular weight excluding hydrogens is 254 g/mol. The van der Waals surface area contributed by atoms with Gasteiger partial charge in [-0.2, -0.15) is 5.10 Å². The summed E-state index contributed by atoms with van der Waals surface area (Å²) in [6.45, 7) is 0. The largest absolute Gasteiger partial charge is 0.367 e. The van der Waals surface area contributed by atoms with Gasteiger partial charge >= 0.3 is 0 Å². The molecule has 20 heavy (non-hydrogen) atoms. The number of hydroxylamine groups is 1. The van der Waals surface area contributed by atoms with Crippen molar-refractivity contribution in [2.75, 3.05) is 0 Å². The van der Waals surface area contributed by atoms with Crippen LogP contribution in [0.15, 0.2) is 59.0 Å². The number of aryl methyl sites for hydroxylation is 1. The summed E-state index contributed by atoms with van der Waals surface area (Å²) in [4.78, 5) is 0. The maximum absolute atomic E-state index is 8.44. The first-order valence-electron chi connectivity index (χ1n) is 6.01. The molecule has 2 rings (SSSR count). The van der Waals surface area contributed by atoms with Gasteiger partial charge in [0.15, 0.2) is 12.4 Å². The Bertz CT molecular complexity index is 634. The quantitative estimate of drug-likeness (QED) is 0.334. The second-order valence-corrected chi connectivity index (χ2v) is 4.22. The van der Waals surface area contributed by atoms with Gasteiger partial charge in [0.05, 0.1) is 6.21 Å². The first-order chi connectivity index (χ1) is 9.69. The highest BCUT2D eigenvalue weighted by atomic mass is 16.5. The van der Waals surface area contributed by atoms with Gasteiger partial charge in [0.2, 0.25) is 5.96 Å². The van der Waals surface area contributed by atoms with Crippen molar-refractivity contribution in [3.8, 4) is 11.1 Å². The Balaban J connectivity index is 2.14. The Labute approximate surface area is 116 Å². The SMILES string of the molecule is C[n+]1cccc(-c2ccc(/C=N\N=C(N)NO)cc2)c1. The van der Waals surface area contributed by atoms with Crippen molar-refractivity contribution in [3.05, 3.63) is 54.4 Å². The number of nitrogens with zero attached hydrogens (tertiary/aromatic N) is 3. The van der Waals surface area contributed by atoms with Crippen molar-refractivity contribution in [2.24, 2.45) is 23.0 Å². The minimum atomic E-state index is -0.158. The summed E-state index contributed by atoms with van der Waals surface area (Å²) >= 11 is 0. The van der Waals surface area contributed by atoms with E-state index in [0.29, 0.717) is 0 Å². The first-order valence-corrected chi connectivity index (χ1v) is 6.01. The lowest BCUT2D eigenvalue weighted by Crippen LogP contribution is -2.27. The summed E-state index contributed by atoms with van der Waals surface area (Å²) in [6.07, 6.45) is 5.60. The number of aromatic nitrogens is 1. The molecule has 0 aliphatic heterocycles. The molecule has 0 spiro atoms. The van der Waals surface area contributed by atoms with Crippen LogP contribution in [0.25, 0.3) is 11.1 Å². The van der Waals surface area contributed by atoms with Gasteiger partial charge in [0.25, 0.3) is 0 Å². The maximum Gasteiger partial charge on any atom is 0.237 e. The lowest BCUT2D eigenvalue weighted by Gasteiger charge is -2.00. The van der Waals surface area contributed by atoms with Crippen LogP contribution >= 0.6 is 0 Å². The Kier molecular flexibility index (Phi) is 4.41. The van der Waals surface area contributed by atoms with Crippen molar-refractivity contribution in [1.82, 2.24) is 5.48 Å². The minimum Gasteiger partial charge on any atom is -0.367 e. The lowest BCUT2D eigenvalue weighted by atomic mass is 10.1. The zero-order valence-corrected chi connectivity index (χ0v) is 11.1. The number of pyridine rings is 1. The van der Waals surface area contributed by atoms with E-state index in [4.69, 9.17) is 10.9 Å². The second kappa shape index (κ2) is 6.44. The van der Waals surface area contributed by atoms with E-state index in [1.54, 1.807) is 11.7 Å². The molecular formula is C14H16N5O+. The molecule has 0 bridgehead atoms. The van der Waals surface area contributed by atoms with Gasteiger partial charge in [-0.25, -0.2) is 10.0 Å². The first kappa shape index (κ1) is 13.7. The van der Waals surface area contributed by atoms with E-state index < -0.39 is 0 Å². The average Bonchev–Trinajstić information content (AvgIpc) is 2.48. The Morgan fingerprint density at radius 2 is 2.00 bits per heavy atom. The standard InChI is InChI=1S/C14H16N5O/c1-19-8-2-3-13(10-19)12-6-4-11(5-7-12)9-16-17-14(15)18-20/h2-10,20H,1H3,(H3,15,17,18)/q+1/b16-9-. The summed E-state index contributed by atoms with van der Waals surface area (Å²) in [5.74, 6) is -0.158. The van der Waals surface area contributed by atoms with Crippen LogP contribution in [-0.2, 0) is 7.05 Å². The van der Waals surface area contributed by atoms with E-state index >= 15 is 0 Å². The van der Waals surface area contributed by atoms with Gasteiger partial charge in [0, 0.05) is 11.6 Å². The fraction of sp³-hybridized carbons (Fsp3) is 0.0714. The van der Waals surface area contributed by atoms with E-state index in [2.05, 4.69) is 22.5 Å². The average molecular weight is 270 g/mol. The predicted octanol–water partition coefficient (Wildman–Crippen LogP) is 0.805. The Hall–Kier alpha value is -2.73. The molecule has 1 aromatic carbocycles. The van der Waals surface area contributed by atoms with E-state index in [1.165, 1.54) is 0 Å². The molecule has 0 aliphatic carbocycles. The monoisotopic (exact) mass is 270 g/mol. The highest BCUT2D eigenvalue weighted by Crippen LogP contribution is 2.17. The molecule has 6 heteroatoms. The number of hydrogen-bond acceptors (Lipinski definition) is 3. The topological polar surface area (TPSA) is 86.9 Å². The van der Waals surface area contributed by atoms with Crippen LogP contribution in [0.1, 0.15) is 5.56 Å². The molecule has 4 N–H and O–H groups in total. The fourth-order valence-corrected chi connectivity index (χ4v) is 1.70. The molecule has 102 valence electrons. The van der Waals surface area contributed by atoms with Gasteiger partial charge in [-0.1, -0.05) is 24.3 Å². The lowest BCUT2D eigenvalue weighted by molar-refractivity contribution is -0.671. The normalized spacial score (nSPS) is 11.8. The molecule has 1 heterocycles. The van der Waals surface area contributed by atoms with Crippen molar-refractivity contribution < 1.29 is 9.77 Å². The zero-order chi connectivity index (χ0) is 14.4. The maximum atomic E-state index is 8.44. The van der Waals surface area contributed by atoms with Crippen molar-refractivity contribution >= 4 is 12.2 Å². The van der Waals surface area contributed by atoms with Crippen LogP contribution in [0.5, 0.6) is 0 Å². The van der Waals surface area contributed by atoms with E-state index in [1.807, 2.05) is 48.1 Å². The van der Waals surface area contributed by atoms with Gasteiger partial charge in [-0.15, -0.1) is 5.10 Å². The Morgan fingerprint density at radius 3 is 2.65 bits per heavy atom. The summed E-state index contributed by atoms with van der Waals surface area (Å²) in [5, 5.41) is 15.7. The van der Waals surface area contributed by atoms with Crippen LogP contribution in [0.2, 0.25) is 0 Å². The summed E-state index contributed by atoms with van der Waals surface area (Å²) in [6, 6.07) is 11.9. The van der Waals surface area contributed by atoms with Gasteiger partial charge in [-0.3, -0.25) is 5.21 Å². The molecule has 1 aromatic heterocycles. The number of guanidine groups is 1. The highest BCUT2D eigenvalue weighted by Gasteiger charge is 2.01. The van der Waals surface area contributed by atoms with Gasteiger partial charge in [-0.05, 0) is 17.2 Å². The molecule has 0 radical (unpaired) electrons. The highest BCUT2D eigenvalue weighted by molar-refractivity contribution is 5.82. The van der Waals surface area contributed by atoms with Crippen LogP contribution in [0.3, 0.4) is 0 Å². The van der Waals surface area contributed by atoms with Crippen molar-refractivity contribution in [3.63, 3.8) is 0 Å². The van der Waals surface area contributed by atoms with Gasteiger partial charge in [0.1, 0.15) is 7.05 Å². The number of rotatable bonds is 3. The molecule has 0 saturated carbocycles. The molecule has 2 aromatic rings. The molecule has 0 aliphatic rings. The van der Waals surface area contributed by atoms with Crippen LogP contribution in [0, 0.1) is 0 Å². The number of benzene rings is 1. The van der Waals surface area contributed by atoms with Crippen LogP contribution in [0.4, 0.5) is 0 Å². The molecule has 0 amide bonds. The van der Waals surface area contributed by atoms with E-state index in [0.717, 1.165) is 16.7 Å². The molecule has 0 fully saturated rings. The summed E-state index contributed by atoms with van der Waals surface area (Å²) in [7, 11) is 1.99. The number of nitrogens with two attached hydrogens (primary N) is 1. The third-order valence-corrected chi connectivity index (χ3v) is 2.67. The van der Waals surface area contributed by atoms with Crippen LogP contribution in [-0.4, -0.2) is 17.4 Å². The minimum absolute atomic E-state index is 0.158. The van der Waals surface area contributed by atoms with Crippen LogP contribution < -0.4 is 15.8 Å². The molecule has 0 unspecified atom stereocenters. The predicted molar refractivity (Wildman–Crippen MR) is 77.2 cm³/mol.